The number of hydrogen-bond acceptors (Lipinski definition) is 24. The van der Waals surface area contributed by atoms with Gasteiger partial charge >= 0.3 is 0 Å². The average Bonchev–Trinajstić information content (AvgIpc) is 3.15. The second-order valence-electron chi connectivity index (χ2n) is 13.9. The van der Waals surface area contributed by atoms with Crippen molar-refractivity contribution in [3.8, 4) is 0 Å². The van der Waals surface area contributed by atoms with Crippen molar-refractivity contribution >= 4 is 0 Å². The van der Waals surface area contributed by atoms with Crippen molar-refractivity contribution in [2.45, 2.75) is 167 Å². The predicted molar refractivity (Wildman–Crippen MR) is 164 cm³/mol. The lowest BCUT2D eigenvalue weighted by Crippen LogP contribution is -2.69. The zero-order valence-corrected chi connectivity index (χ0v) is 28.9. The first-order valence-corrected chi connectivity index (χ1v) is 17.3. The largest absolute Gasteiger partial charge is 0.394 e. The van der Waals surface area contributed by atoms with Crippen LogP contribution in [0.1, 0.15) is 13.8 Å². The van der Waals surface area contributed by atoms with Crippen LogP contribution < -0.4 is 0 Å². The van der Waals surface area contributed by atoms with Crippen molar-refractivity contribution in [1.29, 1.82) is 0 Å². The fourth-order valence-electron chi connectivity index (χ4n) is 6.88. The van der Waals surface area contributed by atoms with Gasteiger partial charge in [-0.2, -0.15) is 0 Å². The minimum atomic E-state index is -2.10. The van der Waals surface area contributed by atoms with Gasteiger partial charge in [0.1, 0.15) is 110 Å². The topological polar surface area (TPSA) is 387 Å². The molecule has 5 aliphatic heterocycles. The molecule has 0 saturated carbocycles. The second kappa shape index (κ2) is 18.3. The van der Waals surface area contributed by atoms with Gasteiger partial charge in [0.15, 0.2) is 31.5 Å². The minimum Gasteiger partial charge on any atom is -0.394 e. The van der Waals surface area contributed by atoms with Crippen molar-refractivity contribution in [2.75, 3.05) is 19.8 Å². The van der Waals surface area contributed by atoms with Crippen molar-refractivity contribution in [1.82, 2.24) is 0 Å². The van der Waals surface area contributed by atoms with E-state index in [-0.39, 0.29) is 0 Å². The smallest absolute Gasteiger partial charge is 0.187 e. The minimum absolute atomic E-state index is 0.877. The maximum atomic E-state index is 11.4. The molecule has 5 saturated heterocycles. The highest BCUT2D eigenvalue weighted by atomic mass is 16.8. The molecule has 5 heterocycles. The molecule has 0 radical (unpaired) electrons. The number of hydrogen-bond donors (Lipinski definition) is 15. The maximum Gasteiger partial charge on any atom is 0.187 e. The van der Waals surface area contributed by atoms with E-state index < -0.39 is 173 Å². The van der Waals surface area contributed by atoms with Gasteiger partial charge in [-0.1, -0.05) is 0 Å². The Bertz CT molecular complexity index is 1170. The third-order valence-electron chi connectivity index (χ3n) is 10.2. The monoisotopic (exact) mass is 796 g/mol. The summed E-state index contributed by atoms with van der Waals surface area (Å²) in [5, 5.41) is 157. The standard InChI is InChI=1S/C30H52O24/c1-6-11(34)15(38)18(41)27(46-6)51-22-10(5-33)48-26(45)21(44)24(22)53-30-25(54-28-19(42)16(39)12(35)7(2)47-28)23(14(37)9(4-32)50-30)52-29-20(43)17(40)13(36)8(3-31)49-29/h6-45H,3-5H2,1-2H3/t6-,7-,8-,9+,10+,11+,12+,13+,14-,15+,16+,17+,18-,19-,20-,21+,22+,23-,24+,25+,26+,27-,28-,29-,30-/m0/s1. The lowest BCUT2D eigenvalue weighted by atomic mass is 9.95. The summed E-state index contributed by atoms with van der Waals surface area (Å²) >= 11 is 0. The van der Waals surface area contributed by atoms with Gasteiger partial charge in [-0.3, -0.25) is 0 Å². The Kier molecular flexibility index (Phi) is 15.0. The molecule has 0 aromatic carbocycles. The van der Waals surface area contributed by atoms with Gasteiger partial charge in [-0.15, -0.1) is 0 Å². The number of rotatable bonds is 11. The van der Waals surface area contributed by atoms with Crippen molar-refractivity contribution in [2.24, 2.45) is 0 Å². The van der Waals surface area contributed by atoms with Crippen LogP contribution in [0.2, 0.25) is 0 Å². The first-order valence-electron chi connectivity index (χ1n) is 17.3. The molecule has 15 N–H and O–H groups in total. The van der Waals surface area contributed by atoms with Crippen LogP contribution in [0.25, 0.3) is 0 Å². The number of aliphatic hydroxyl groups is 15. The lowest BCUT2D eigenvalue weighted by Gasteiger charge is -2.51. The van der Waals surface area contributed by atoms with Crippen LogP contribution in [0.15, 0.2) is 0 Å². The first kappa shape index (κ1) is 44.1. The van der Waals surface area contributed by atoms with E-state index in [9.17, 15) is 76.6 Å². The summed E-state index contributed by atoms with van der Waals surface area (Å²) in [6.07, 6.45) is -45.1. The molecule has 5 aliphatic rings. The second-order valence-corrected chi connectivity index (χ2v) is 13.9. The van der Waals surface area contributed by atoms with E-state index in [2.05, 4.69) is 0 Å². The third kappa shape index (κ3) is 8.72. The van der Waals surface area contributed by atoms with Gasteiger partial charge in [0, 0.05) is 0 Å². The summed E-state index contributed by atoms with van der Waals surface area (Å²) in [7, 11) is 0. The first-order chi connectivity index (χ1) is 25.4. The highest BCUT2D eigenvalue weighted by Gasteiger charge is 2.57. The quantitative estimate of drug-likeness (QED) is 0.0923. The Morgan fingerprint density at radius 1 is 0.333 bits per heavy atom. The summed E-state index contributed by atoms with van der Waals surface area (Å²) in [5.74, 6) is 0. The van der Waals surface area contributed by atoms with E-state index in [0.29, 0.717) is 0 Å². The fourth-order valence-corrected chi connectivity index (χ4v) is 6.88. The van der Waals surface area contributed by atoms with Gasteiger partial charge in [0.2, 0.25) is 0 Å². The summed E-state index contributed by atoms with van der Waals surface area (Å²) in [5.41, 5.74) is 0. The van der Waals surface area contributed by atoms with Crippen LogP contribution in [0.3, 0.4) is 0 Å². The fraction of sp³-hybridized carbons (Fsp3) is 1.00. The van der Waals surface area contributed by atoms with Gasteiger partial charge in [-0.05, 0) is 13.8 Å². The molecule has 5 fully saturated rings. The van der Waals surface area contributed by atoms with Crippen LogP contribution in [0.4, 0.5) is 0 Å². The van der Waals surface area contributed by atoms with Crippen molar-refractivity contribution in [3.63, 3.8) is 0 Å². The average molecular weight is 797 g/mol. The van der Waals surface area contributed by atoms with Crippen LogP contribution in [0, 0.1) is 0 Å². The van der Waals surface area contributed by atoms with Gasteiger partial charge in [-0.25, -0.2) is 0 Å². The molecule has 5 rings (SSSR count). The Hall–Kier alpha value is -0.960. The molecule has 0 amide bonds. The Morgan fingerprint density at radius 2 is 0.704 bits per heavy atom. The summed E-state index contributed by atoms with van der Waals surface area (Å²) in [4.78, 5) is 0. The molecule has 0 aliphatic carbocycles. The van der Waals surface area contributed by atoms with E-state index in [1.54, 1.807) is 0 Å². The van der Waals surface area contributed by atoms with Crippen LogP contribution in [0.5, 0.6) is 0 Å². The van der Waals surface area contributed by atoms with E-state index >= 15 is 0 Å². The molecule has 0 aromatic rings. The van der Waals surface area contributed by atoms with E-state index in [1.165, 1.54) is 13.8 Å². The summed E-state index contributed by atoms with van der Waals surface area (Å²) < 4.78 is 51.2. The van der Waals surface area contributed by atoms with E-state index in [0.717, 1.165) is 0 Å². The maximum absolute atomic E-state index is 11.4. The molecule has 0 unspecified atom stereocenters. The van der Waals surface area contributed by atoms with Crippen LogP contribution in [-0.2, 0) is 42.6 Å². The molecule has 24 nitrogen and oxygen atoms in total. The van der Waals surface area contributed by atoms with Gasteiger partial charge in [0.25, 0.3) is 0 Å². The lowest BCUT2D eigenvalue weighted by molar-refractivity contribution is -0.411. The Morgan fingerprint density at radius 3 is 1.20 bits per heavy atom. The van der Waals surface area contributed by atoms with Gasteiger partial charge < -0.3 is 119 Å². The molecule has 54 heavy (non-hydrogen) atoms. The van der Waals surface area contributed by atoms with Gasteiger partial charge in [0.05, 0.1) is 32.0 Å². The SMILES string of the molecule is C[C@@H]1O[C@@H](O[C@H]2[C@H](O[C@@H]3[C@@H](O)[C@H](O)O[C@H](CO)[C@H]3O[C@@H]3O[C@@H](C)[C@@H](O)[C@@H](O)[C@@H]3O)O[C@H](CO)[C@H](O)[C@@H]2O[C@@H]2O[C@@H](CO)[C@@H](O)[C@@H](O)[C@@H]2O)[C@@H](O)[C@H](O)[C@@H]1O. The number of ether oxygens (including phenoxy) is 9. The van der Waals surface area contributed by atoms with E-state index in [1.807, 2.05) is 0 Å². The Balaban J connectivity index is 1.51. The molecule has 0 spiro atoms. The van der Waals surface area contributed by atoms with Crippen molar-refractivity contribution < 1.29 is 119 Å². The third-order valence-corrected chi connectivity index (χ3v) is 10.2. The van der Waals surface area contributed by atoms with Crippen LogP contribution in [-0.4, -0.2) is 250 Å². The highest BCUT2D eigenvalue weighted by Crippen LogP contribution is 2.37. The summed E-state index contributed by atoms with van der Waals surface area (Å²) in [6.45, 7) is -0.126. The zero-order valence-electron chi connectivity index (χ0n) is 28.9. The predicted octanol–water partition coefficient (Wildman–Crippen LogP) is -9.87. The molecule has 24 heteroatoms. The molecule has 0 bridgehead atoms. The summed E-state index contributed by atoms with van der Waals surface area (Å²) in [6, 6.07) is 0. The molecule has 316 valence electrons. The molecule has 0 aromatic heterocycles. The zero-order chi connectivity index (χ0) is 39.9. The van der Waals surface area contributed by atoms with E-state index in [4.69, 9.17) is 42.6 Å². The van der Waals surface area contributed by atoms with Crippen LogP contribution >= 0.6 is 0 Å². The van der Waals surface area contributed by atoms with Crippen molar-refractivity contribution in [3.05, 3.63) is 0 Å². The Labute approximate surface area is 306 Å². The molecular formula is C30H52O24. The normalized spacial score (nSPS) is 54.7. The number of aliphatic hydroxyl groups excluding tert-OH is 15. The highest BCUT2D eigenvalue weighted by molar-refractivity contribution is 4.99. The molecular weight excluding hydrogens is 744 g/mol. The molecule has 25 atom stereocenters.